The summed E-state index contributed by atoms with van der Waals surface area (Å²) < 4.78 is 0. The van der Waals surface area contributed by atoms with E-state index in [1.54, 1.807) is 6.92 Å². The van der Waals surface area contributed by atoms with E-state index in [1.165, 1.54) is 0 Å². The predicted molar refractivity (Wildman–Crippen MR) is 49.4 cm³/mol. The van der Waals surface area contributed by atoms with Crippen LogP contribution in [-0.4, -0.2) is 35.3 Å². The number of hydrogen-bond donors (Lipinski definition) is 2. The standard InChI is InChI=1S/C9H18N2O2/c1-3-11(13)9(12)8-7(2)5-4-6-10-8/h7-8,10,13H,3-6H2,1-2H3. The van der Waals surface area contributed by atoms with Gasteiger partial charge < -0.3 is 5.32 Å². The van der Waals surface area contributed by atoms with Crippen LogP contribution >= 0.6 is 0 Å². The maximum absolute atomic E-state index is 11.6. The SMILES string of the molecule is CCN(O)C(=O)C1NCCCC1C. The largest absolute Gasteiger partial charge is 0.306 e. The summed E-state index contributed by atoms with van der Waals surface area (Å²) in [6, 6.07) is -0.196. The predicted octanol–water partition coefficient (Wildman–Crippen LogP) is 0.612. The lowest BCUT2D eigenvalue weighted by Crippen LogP contribution is -2.51. The molecule has 2 N–H and O–H groups in total. The number of nitrogens with one attached hydrogen (secondary N) is 1. The summed E-state index contributed by atoms with van der Waals surface area (Å²) in [4.78, 5) is 11.6. The fourth-order valence-electron chi connectivity index (χ4n) is 1.70. The molecular formula is C9H18N2O2. The van der Waals surface area contributed by atoms with Gasteiger partial charge in [0.1, 0.15) is 0 Å². The molecule has 1 rings (SSSR count). The zero-order chi connectivity index (χ0) is 9.84. The number of nitrogens with zero attached hydrogens (tertiary/aromatic N) is 1. The first kappa shape index (κ1) is 10.5. The van der Waals surface area contributed by atoms with Crippen LogP contribution in [0.4, 0.5) is 0 Å². The first-order valence-corrected chi connectivity index (χ1v) is 4.90. The van der Waals surface area contributed by atoms with Gasteiger partial charge in [0, 0.05) is 6.54 Å². The van der Waals surface area contributed by atoms with Crippen LogP contribution in [0.25, 0.3) is 0 Å². The minimum Gasteiger partial charge on any atom is -0.306 e. The van der Waals surface area contributed by atoms with E-state index in [-0.39, 0.29) is 11.9 Å². The number of carbonyl (C=O) groups is 1. The van der Waals surface area contributed by atoms with E-state index in [1.807, 2.05) is 6.92 Å². The highest BCUT2D eigenvalue weighted by atomic mass is 16.5. The monoisotopic (exact) mass is 186 g/mol. The summed E-state index contributed by atoms with van der Waals surface area (Å²) >= 11 is 0. The molecule has 2 atom stereocenters. The Morgan fingerprint density at radius 1 is 1.69 bits per heavy atom. The Bertz CT molecular complexity index is 184. The van der Waals surface area contributed by atoms with E-state index in [2.05, 4.69) is 5.32 Å². The average Bonchev–Trinajstić information content (AvgIpc) is 2.16. The number of likely N-dealkylation sites (N-methyl/N-ethyl adjacent to an activating group) is 1. The summed E-state index contributed by atoms with van der Waals surface area (Å²) in [7, 11) is 0. The third-order valence-corrected chi connectivity index (χ3v) is 2.59. The van der Waals surface area contributed by atoms with Crippen LogP contribution < -0.4 is 5.32 Å². The van der Waals surface area contributed by atoms with Crippen molar-refractivity contribution in [3.05, 3.63) is 0 Å². The van der Waals surface area contributed by atoms with Gasteiger partial charge in [-0.2, -0.15) is 0 Å². The van der Waals surface area contributed by atoms with Crippen molar-refractivity contribution in [2.75, 3.05) is 13.1 Å². The van der Waals surface area contributed by atoms with Gasteiger partial charge in [-0.1, -0.05) is 6.92 Å². The van der Waals surface area contributed by atoms with Crippen molar-refractivity contribution >= 4 is 5.91 Å². The van der Waals surface area contributed by atoms with Crippen molar-refractivity contribution in [1.29, 1.82) is 0 Å². The van der Waals surface area contributed by atoms with Crippen molar-refractivity contribution in [1.82, 2.24) is 10.4 Å². The van der Waals surface area contributed by atoms with Gasteiger partial charge in [-0.25, -0.2) is 5.06 Å². The Morgan fingerprint density at radius 3 is 2.92 bits per heavy atom. The summed E-state index contributed by atoms with van der Waals surface area (Å²) in [6.45, 7) is 5.02. The molecule has 0 aromatic rings. The maximum atomic E-state index is 11.6. The van der Waals surface area contributed by atoms with Crippen molar-refractivity contribution in [3.8, 4) is 0 Å². The number of hydrogen-bond acceptors (Lipinski definition) is 3. The summed E-state index contributed by atoms with van der Waals surface area (Å²) in [5, 5.41) is 13.2. The van der Waals surface area contributed by atoms with Gasteiger partial charge in [-0.15, -0.1) is 0 Å². The number of piperidine rings is 1. The normalized spacial score (nSPS) is 28.5. The number of rotatable bonds is 2. The van der Waals surface area contributed by atoms with E-state index in [0.29, 0.717) is 12.5 Å². The van der Waals surface area contributed by atoms with Crippen molar-refractivity contribution < 1.29 is 10.0 Å². The Hall–Kier alpha value is -0.610. The molecule has 1 aliphatic rings. The molecule has 13 heavy (non-hydrogen) atoms. The second-order valence-corrected chi connectivity index (χ2v) is 3.61. The second kappa shape index (κ2) is 4.58. The molecule has 4 heteroatoms. The molecule has 1 fully saturated rings. The Kier molecular flexibility index (Phi) is 3.69. The molecule has 0 aromatic heterocycles. The zero-order valence-electron chi connectivity index (χ0n) is 8.29. The van der Waals surface area contributed by atoms with Crippen molar-refractivity contribution in [2.24, 2.45) is 5.92 Å². The van der Waals surface area contributed by atoms with E-state index < -0.39 is 0 Å². The van der Waals surface area contributed by atoms with Gasteiger partial charge in [0.15, 0.2) is 0 Å². The molecular weight excluding hydrogens is 168 g/mol. The summed E-state index contributed by atoms with van der Waals surface area (Å²) in [5.74, 6) is 0.122. The Balaban J connectivity index is 2.53. The number of amides is 1. The molecule has 2 unspecified atom stereocenters. The van der Waals surface area contributed by atoms with Gasteiger partial charge in [-0.05, 0) is 32.2 Å². The lowest BCUT2D eigenvalue weighted by molar-refractivity contribution is -0.168. The van der Waals surface area contributed by atoms with Crippen LogP contribution in [0.5, 0.6) is 0 Å². The maximum Gasteiger partial charge on any atom is 0.263 e. The Labute approximate surface area is 78.9 Å². The fourth-order valence-corrected chi connectivity index (χ4v) is 1.70. The molecule has 0 saturated carbocycles. The topological polar surface area (TPSA) is 52.6 Å². The molecule has 0 bridgehead atoms. The van der Waals surface area contributed by atoms with Gasteiger partial charge in [0.05, 0.1) is 6.04 Å². The van der Waals surface area contributed by atoms with E-state index in [4.69, 9.17) is 0 Å². The quantitative estimate of drug-likeness (QED) is 0.491. The van der Waals surface area contributed by atoms with Crippen LogP contribution in [-0.2, 0) is 4.79 Å². The van der Waals surface area contributed by atoms with Gasteiger partial charge in [0.2, 0.25) is 0 Å². The van der Waals surface area contributed by atoms with E-state index >= 15 is 0 Å². The third-order valence-electron chi connectivity index (χ3n) is 2.59. The van der Waals surface area contributed by atoms with Crippen molar-refractivity contribution in [2.45, 2.75) is 32.7 Å². The smallest absolute Gasteiger partial charge is 0.263 e. The lowest BCUT2D eigenvalue weighted by atomic mass is 9.92. The highest BCUT2D eigenvalue weighted by molar-refractivity contribution is 5.81. The highest BCUT2D eigenvalue weighted by Gasteiger charge is 2.29. The fraction of sp³-hybridized carbons (Fsp3) is 0.889. The van der Waals surface area contributed by atoms with Crippen LogP contribution in [0.15, 0.2) is 0 Å². The Morgan fingerprint density at radius 2 is 2.38 bits per heavy atom. The minimum absolute atomic E-state index is 0.196. The lowest BCUT2D eigenvalue weighted by Gasteiger charge is -2.30. The number of carbonyl (C=O) groups excluding carboxylic acids is 1. The van der Waals surface area contributed by atoms with Gasteiger partial charge >= 0.3 is 0 Å². The summed E-state index contributed by atoms with van der Waals surface area (Å²) in [6.07, 6.45) is 2.17. The minimum atomic E-state index is -0.199. The molecule has 1 heterocycles. The second-order valence-electron chi connectivity index (χ2n) is 3.61. The molecule has 0 spiro atoms. The van der Waals surface area contributed by atoms with Crippen molar-refractivity contribution in [3.63, 3.8) is 0 Å². The highest BCUT2D eigenvalue weighted by Crippen LogP contribution is 2.16. The van der Waals surface area contributed by atoms with Gasteiger partial charge in [-0.3, -0.25) is 10.0 Å². The van der Waals surface area contributed by atoms with E-state index in [9.17, 15) is 10.0 Å². The molecule has 1 saturated heterocycles. The number of hydroxylamine groups is 2. The molecule has 0 aromatic carbocycles. The first-order chi connectivity index (χ1) is 6.16. The average molecular weight is 186 g/mol. The first-order valence-electron chi connectivity index (χ1n) is 4.90. The third kappa shape index (κ3) is 2.42. The zero-order valence-corrected chi connectivity index (χ0v) is 8.29. The molecule has 1 aliphatic heterocycles. The molecule has 1 amide bonds. The molecule has 4 nitrogen and oxygen atoms in total. The molecule has 0 radical (unpaired) electrons. The van der Waals surface area contributed by atoms with Crippen LogP contribution in [0.3, 0.4) is 0 Å². The summed E-state index contributed by atoms with van der Waals surface area (Å²) in [5.41, 5.74) is 0. The van der Waals surface area contributed by atoms with Crippen LogP contribution in [0, 0.1) is 5.92 Å². The molecule has 0 aliphatic carbocycles. The van der Waals surface area contributed by atoms with Gasteiger partial charge in [0.25, 0.3) is 5.91 Å². The van der Waals surface area contributed by atoms with Crippen LogP contribution in [0.2, 0.25) is 0 Å². The van der Waals surface area contributed by atoms with E-state index in [0.717, 1.165) is 24.4 Å². The van der Waals surface area contributed by atoms with Crippen LogP contribution in [0.1, 0.15) is 26.7 Å². The molecule has 76 valence electrons.